The average Bonchev–Trinajstić information content (AvgIpc) is 3.07. The first-order valence-corrected chi connectivity index (χ1v) is 10.3. The molecule has 0 spiro atoms. The number of ketones is 1. The summed E-state index contributed by atoms with van der Waals surface area (Å²) in [5.41, 5.74) is 1.02. The lowest BCUT2D eigenvalue weighted by atomic mass is 9.70. The third kappa shape index (κ3) is 3.44. The van der Waals surface area contributed by atoms with Crippen LogP contribution in [0.25, 0.3) is 0 Å². The molecule has 31 heavy (non-hydrogen) atoms. The van der Waals surface area contributed by atoms with Crippen LogP contribution in [-0.4, -0.2) is 17.0 Å². The number of para-hydroxylation sites is 1. The monoisotopic (exact) mass is 422 g/mol. The van der Waals surface area contributed by atoms with E-state index in [0.29, 0.717) is 11.3 Å². The predicted octanol–water partition coefficient (Wildman–Crippen LogP) is 3.58. The number of benzene rings is 2. The normalized spacial score (nSPS) is 26.2. The van der Waals surface area contributed by atoms with Gasteiger partial charge in [0.05, 0.1) is 17.5 Å². The molecule has 2 N–H and O–H groups in total. The number of Topliss-reactive ketones (excluding diaryl/α,β-unsaturated/α-hetero) is 1. The Labute approximate surface area is 181 Å². The van der Waals surface area contributed by atoms with Crippen LogP contribution >= 0.6 is 0 Å². The summed E-state index contributed by atoms with van der Waals surface area (Å²) in [5, 5.41) is 20.4. The van der Waals surface area contributed by atoms with Gasteiger partial charge in [0, 0.05) is 23.1 Å². The molecule has 2 fully saturated rings. The number of nitrogens with one attached hydrogen (secondary N) is 1. The number of hydrogen-bond acceptors (Lipinski definition) is 6. The smallest absolute Gasteiger partial charge is 0.363 e. The van der Waals surface area contributed by atoms with E-state index in [1.165, 1.54) is 29.3 Å². The Bertz CT molecular complexity index is 1030. The molecule has 2 saturated carbocycles. The van der Waals surface area contributed by atoms with Gasteiger partial charge in [-0.25, -0.2) is 10.0 Å². The Morgan fingerprint density at radius 1 is 1.16 bits per heavy atom. The third-order valence-corrected chi connectivity index (χ3v) is 7.18. The SMILES string of the molecule is CC12CCC(C(=CN(OC(=O)c3ccc([NH+]([O-])O)cc3)c3ccccc3)C1=O)C2(C)C. The standard InChI is InChI=1S/C24H26N2O5/c1-23(2)20-13-14-24(23,3)21(27)19(20)15-25(17-7-5-4-6-8-17)31-22(28)16-9-11-18(12-10-16)26(29)30/h4-12,15,20,26,29H,13-14H2,1-3H3. The van der Waals surface area contributed by atoms with Crippen molar-refractivity contribution in [1.29, 1.82) is 0 Å². The minimum Gasteiger partial charge on any atom is -0.595 e. The molecule has 7 nitrogen and oxygen atoms in total. The fraction of sp³-hybridized carbons (Fsp3) is 0.333. The summed E-state index contributed by atoms with van der Waals surface area (Å²) in [4.78, 5) is 31.7. The van der Waals surface area contributed by atoms with Crippen LogP contribution in [0.3, 0.4) is 0 Å². The number of hydrogen-bond donors (Lipinski definition) is 2. The minimum atomic E-state index is -1.07. The lowest BCUT2D eigenvalue weighted by molar-refractivity contribution is -0.991. The highest BCUT2D eigenvalue weighted by Gasteiger charge is 2.64. The summed E-state index contributed by atoms with van der Waals surface area (Å²) < 4.78 is 0. The van der Waals surface area contributed by atoms with Gasteiger partial charge >= 0.3 is 5.97 Å². The Kier molecular flexibility index (Phi) is 5.21. The maximum atomic E-state index is 13.2. The van der Waals surface area contributed by atoms with Gasteiger partial charge in [0.2, 0.25) is 0 Å². The summed E-state index contributed by atoms with van der Waals surface area (Å²) in [6.07, 6.45) is 3.44. The van der Waals surface area contributed by atoms with Crippen LogP contribution in [0.15, 0.2) is 66.4 Å². The molecule has 2 aliphatic carbocycles. The van der Waals surface area contributed by atoms with Crippen LogP contribution in [0.2, 0.25) is 0 Å². The number of anilines is 1. The van der Waals surface area contributed by atoms with Crippen LogP contribution in [0.4, 0.5) is 11.4 Å². The van der Waals surface area contributed by atoms with Crippen molar-refractivity contribution in [1.82, 2.24) is 0 Å². The highest BCUT2D eigenvalue weighted by Crippen LogP contribution is 2.65. The lowest BCUT2D eigenvalue weighted by Crippen LogP contribution is -2.99. The second-order valence-corrected chi connectivity index (χ2v) is 8.98. The summed E-state index contributed by atoms with van der Waals surface area (Å²) in [6, 6.07) is 14.6. The van der Waals surface area contributed by atoms with Crippen molar-refractivity contribution in [2.45, 2.75) is 33.6 Å². The molecule has 2 aliphatic rings. The fourth-order valence-corrected chi connectivity index (χ4v) is 4.82. The Morgan fingerprint density at radius 3 is 2.35 bits per heavy atom. The molecule has 162 valence electrons. The Morgan fingerprint density at radius 2 is 1.81 bits per heavy atom. The molecule has 2 bridgehead atoms. The van der Waals surface area contributed by atoms with Gasteiger partial charge in [-0.2, -0.15) is 10.3 Å². The molecule has 2 aromatic rings. The molecular weight excluding hydrogens is 396 g/mol. The first-order valence-electron chi connectivity index (χ1n) is 10.3. The first-order chi connectivity index (χ1) is 14.6. The fourth-order valence-electron chi connectivity index (χ4n) is 4.82. The van der Waals surface area contributed by atoms with E-state index < -0.39 is 16.6 Å². The first kappa shape index (κ1) is 21.2. The van der Waals surface area contributed by atoms with E-state index in [4.69, 9.17) is 10.0 Å². The Balaban J connectivity index is 1.66. The van der Waals surface area contributed by atoms with Crippen LogP contribution in [0.5, 0.6) is 0 Å². The van der Waals surface area contributed by atoms with E-state index in [9.17, 15) is 14.8 Å². The van der Waals surface area contributed by atoms with Crippen molar-refractivity contribution in [3.05, 3.63) is 77.1 Å². The molecule has 0 heterocycles. The topological polar surface area (TPSA) is 94.3 Å². The van der Waals surface area contributed by atoms with Gasteiger partial charge < -0.3 is 10.0 Å². The molecule has 3 atom stereocenters. The second kappa shape index (κ2) is 7.60. The van der Waals surface area contributed by atoms with Crippen molar-refractivity contribution in [2.24, 2.45) is 16.7 Å². The van der Waals surface area contributed by atoms with Gasteiger partial charge in [-0.3, -0.25) is 4.79 Å². The molecule has 4 rings (SSSR count). The van der Waals surface area contributed by atoms with Crippen LogP contribution in [-0.2, 0) is 9.63 Å². The maximum Gasteiger partial charge on any atom is 0.363 e. The van der Waals surface area contributed by atoms with Gasteiger partial charge in [-0.15, -0.1) is 0 Å². The summed E-state index contributed by atoms with van der Waals surface area (Å²) in [5.74, 6) is -0.431. The molecule has 7 heteroatoms. The quantitative estimate of drug-likeness (QED) is 0.565. The number of carbonyl (C=O) groups excluding carboxylic acids is 2. The predicted molar refractivity (Wildman–Crippen MR) is 114 cm³/mol. The van der Waals surface area contributed by atoms with Gasteiger partial charge in [-0.1, -0.05) is 39.0 Å². The van der Waals surface area contributed by atoms with Crippen LogP contribution in [0.1, 0.15) is 44.0 Å². The number of quaternary nitrogens is 1. The molecule has 0 amide bonds. The number of hydroxylamine groups is 1. The van der Waals surface area contributed by atoms with Crippen molar-refractivity contribution in [3.8, 4) is 0 Å². The van der Waals surface area contributed by atoms with E-state index in [-0.39, 0.29) is 28.4 Å². The average molecular weight is 422 g/mol. The van der Waals surface area contributed by atoms with Crippen molar-refractivity contribution >= 4 is 23.1 Å². The maximum absolute atomic E-state index is 13.2. The summed E-state index contributed by atoms with van der Waals surface area (Å²) >= 11 is 0. The number of carbonyl (C=O) groups is 2. The van der Waals surface area contributed by atoms with Crippen LogP contribution < -0.4 is 10.3 Å². The molecule has 0 radical (unpaired) electrons. The van der Waals surface area contributed by atoms with E-state index in [1.807, 2.05) is 25.1 Å². The molecule has 3 unspecified atom stereocenters. The zero-order valence-electron chi connectivity index (χ0n) is 17.8. The lowest BCUT2D eigenvalue weighted by Gasteiger charge is -2.31. The summed E-state index contributed by atoms with van der Waals surface area (Å²) in [7, 11) is 0. The minimum absolute atomic E-state index is 0.0848. The number of rotatable bonds is 5. The van der Waals surface area contributed by atoms with E-state index >= 15 is 0 Å². The third-order valence-electron chi connectivity index (χ3n) is 7.18. The highest BCUT2D eigenvalue weighted by atomic mass is 16.8. The number of fused-ring (bicyclic) bond motifs is 2. The van der Waals surface area contributed by atoms with Crippen molar-refractivity contribution < 1.29 is 24.9 Å². The molecular formula is C24H26N2O5. The highest BCUT2D eigenvalue weighted by molar-refractivity contribution is 6.05. The molecule has 2 aromatic carbocycles. The van der Waals surface area contributed by atoms with Crippen molar-refractivity contribution in [3.63, 3.8) is 0 Å². The molecule has 0 saturated heterocycles. The number of allylic oxidation sites excluding steroid dienone is 1. The van der Waals surface area contributed by atoms with Crippen LogP contribution in [0, 0.1) is 22.0 Å². The molecule has 0 aliphatic heterocycles. The number of nitrogens with zero attached hydrogens (tertiary/aromatic N) is 1. The second-order valence-electron chi connectivity index (χ2n) is 8.98. The zero-order valence-corrected chi connectivity index (χ0v) is 17.8. The van der Waals surface area contributed by atoms with Gasteiger partial charge in [0.1, 0.15) is 0 Å². The summed E-state index contributed by atoms with van der Waals surface area (Å²) in [6.45, 7) is 6.29. The van der Waals surface area contributed by atoms with E-state index in [0.717, 1.165) is 12.8 Å². The largest absolute Gasteiger partial charge is 0.595 e. The zero-order chi connectivity index (χ0) is 22.4. The van der Waals surface area contributed by atoms with E-state index in [1.54, 1.807) is 18.3 Å². The molecule has 0 aromatic heterocycles. The van der Waals surface area contributed by atoms with Gasteiger partial charge in [0.15, 0.2) is 11.5 Å². The van der Waals surface area contributed by atoms with Gasteiger partial charge in [0.25, 0.3) is 0 Å². The van der Waals surface area contributed by atoms with Crippen molar-refractivity contribution in [2.75, 3.05) is 5.06 Å². The van der Waals surface area contributed by atoms with Gasteiger partial charge in [-0.05, 0) is 48.4 Å². The Hall–Kier alpha value is -3.00. The van der Waals surface area contributed by atoms with E-state index in [2.05, 4.69) is 13.8 Å².